The van der Waals surface area contributed by atoms with Crippen LogP contribution >= 0.6 is 0 Å². The number of hydrogen-bond acceptors (Lipinski definition) is 6. The van der Waals surface area contributed by atoms with E-state index in [4.69, 9.17) is 14.2 Å². The first-order valence-electron chi connectivity index (χ1n) is 9.51. The van der Waals surface area contributed by atoms with Crippen LogP contribution in [-0.2, 0) is 31.9 Å². The Hall–Kier alpha value is -2.89. The van der Waals surface area contributed by atoms with Crippen molar-refractivity contribution in [3.63, 3.8) is 0 Å². The summed E-state index contributed by atoms with van der Waals surface area (Å²) in [5.41, 5.74) is 3.59. The quantitative estimate of drug-likeness (QED) is 0.580. The van der Waals surface area contributed by atoms with Gasteiger partial charge in [0.05, 0.1) is 26.0 Å². The van der Waals surface area contributed by atoms with Gasteiger partial charge in [-0.05, 0) is 62.1 Å². The van der Waals surface area contributed by atoms with E-state index in [9.17, 15) is 9.59 Å². The molecule has 0 amide bonds. The molecular weight excluding hydrogens is 358 g/mol. The first-order chi connectivity index (χ1) is 13.6. The molecule has 0 saturated carbocycles. The Balaban J connectivity index is 2.41. The number of carbonyl (C=O) groups excluding carboxylic acids is 2. The van der Waals surface area contributed by atoms with Gasteiger partial charge in [-0.2, -0.15) is 0 Å². The van der Waals surface area contributed by atoms with E-state index < -0.39 is 0 Å². The number of aryl methyl sites for hydroxylation is 2. The predicted octanol–water partition coefficient (Wildman–Crippen LogP) is 3.75. The second-order valence-electron chi connectivity index (χ2n) is 6.15. The highest BCUT2D eigenvalue weighted by Gasteiger charge is 2.17. The number of carbonyl (C=O) groups is 2. The first kappa shape index (κ1) is 21.4. The average Bonchev–Trinajstić information content (AvgIpc) is 2.71. The lowest BCUT2D eigenvalue weighted by Crippen LogP contribution is -2.09. The molecule has 0 unspecified atom stereocenters. The largest absolute Gasteiger partial charge is 0.497 e. The van der Waals surface area contributed by atoms with Gasteiger partial charge in [-0.15, -0.1) is 0 Å². The van der Waals surface area contributed by atoms with Crippen molar-refractivity contribution in [2.24, 2.45) is 0 Å². The zero-order valence-electron chi connectivity index (χ0n) is 16.7. The maximum absolute atomic E-state index is 11.9. The highest BCUT2D eigenvalue weighted by molar-refractivity contribution is 5.74. The van der Waals surface area contributed by atoms with Crippen LogP contribution in [0.15, 0.2) is 36.5 Å². The second-order valence-corrected chi connectivity index (χ2v) is 6.15. The maximum Gasteiger partial charge on any atom is 0.306 e. The maximum atomic E-state index is 11.9. The zero-order chi connectivity index (χ0) is 20.4. The molecule has 2 aromatic rings. The smallest absolute Gasteiger partial charge is 0.306 e. The van der Waals surface area contributed by atoms with Gasteiger partial charge < -0.3 is 14.2 Å². The number of pyridine rings is 1. The third kappa shape index (κ3) is 6.08. The number of esters is 2. The molecule has 0 radical (unpaired) electrons. The van der Waals surface area contributed by atoms with Crippen molar-refractivity contribution in [2.45, 2.75) is 39.5 Å². The van der Waals surface area contributed by atoms with Crippen molar-refractivity contribution in [1.29, 1.82) is 0 Å². The van der Waals surface area contributed by atoms with E-state index in [1.807, 2.05) is 30.3 Å². The van der Waals surface area contributed by atoms with Crippen LogP contribution in [-0.4, -0.2) is 37.2 Å². The van der Waals surface area contributed by atoms with E-state index in [0.29, 0.717) is 31.8 Å². The Morgan fingerprint density at radius 2 is 1.50 bits per heavy atom. The molecule has 0 bridgehead atoms. The van der Waals surface area contributed by atoms with Gasteiger partial charge >= 0.3 is 11.9 Å². The molecule has 28 heavy (non-hydrogen) atoms. The lowest BCUT2D eigenvalue weighted by Gasteiger charge is -2.17. The van der Waals surface area contributed by atoms with Gasteiger partial charge in [0.1, 0.15) is 5.75 Å². The zero-order valence-corrected chi connectivity index (χ0v) is 16.7. The number of nitrogens with zero attached hydrogens (tertiary/aromatic N) is 1. The number of methoxy groups -OCH3 is 1. The Morgan fingerprint density at radius 3 is 1.93 bits per heavy atom. The molecule has 0 aliphatic heterocycles. The fraction of sp³-hybridized carbons (Fsp3) is 0.409. The Morgan fingerprint density at radius 1 is 0.929 bits per heavy atom. The number of ether oxygens (including phenoxy) is 3. The van der Waals surface area contributed by atoms with Crippen molar-refractivity contribution in [2.75, 3.05) is 20.3 Å². The number of hydrogen-bond donors (Lipinski definition) is 0. The summed E-state index contributed by atoms with van der Waals surface area (Å²) in [5, 5.41) is 0. The molecule has 1 aromatic heterocycles. The molecule has 1 aromatic carbocycles. The van der Waals surface area contributed by atoms with E-state index in [1.165, 1.54) is 0 Å². The summed E-state index contributed by atoms with van der Waals surface area (Å²) >= 11 is 0. The van der Waals surface area contributed by atoms with Gasteiger partial charge in [0.25, 0.3) is 0 Å². The highest BCUT2D eigenvalue weighted by atomic mass is 16.5. The van der Waals surface area contributed by atoms with Gasteiger partial charge in [0.15, 0.2) is 0 Å². The molecular formula is C22H27NO5. The van der Waals surface area contributed by atoms with E-state index in [2.05, 4.69) is 4.98 Å². The minimum atomic E-state index is -0.245. The van der Waals surface area contributed by atoms with Crippen LogP contribution in [0.25, 0.3) is 11.3 Å². The Labute approximate surface area is 165 Å². The van der Waals surface area contributed by atoms with Crippen LogP contribution < -0.4 is 4.74 Å². The minimum Gasteiger partial charge on any atom is -0.497 e. The Kier molecular flexibility index (Phi) is 8.46. The van der Waals surface area contributed by atoms with Gasteiger partial charge in [-0.25, -0.2) is 0 Å². The molecule has 0 aliphatic rings. The summed E-state index contributed by atoms with van der Waals surface area (Å²) in [4.78, 5) is 28.2. The summed E-state index contributed by atoms with van der Waals surface area (Å²) in [6.07, 6.45) is 3.24. The minimum absolute atomic E-state index is 0.245. The summed E-state index contributed by atoms with van der Waals surface area (Å²) in [7, 11) is 1.60. The van der Waals surface area contributed by atoms with Crippen LogP contribution in [0.3, 0.4) is 0 Å². The molecule has 6 nitrogen and oxygen atoms in total. The van der Waals surface area contributed by atoms with Crippen LogP contribution in [0.5, 0.6) is 5.75 Å². The second kappa shape index (κ2) is 11.1. The molecule has 0 fully saturated rings. The van der Waals surface area contributed by atoms with Crippen LogP contribution in [0, 0.1) is 0 Å². The summed E-state index contributed by atoms with van der Waals surface area (Å²) in [5.74, 6) is 0.188. The molecule has 0 aliphatic carbocycles. The van der Waals surface area contributed by atoms with Crippen molar-refractivity contribution in [3.8, 4) is 17.0 Å². The molecule has 6 heteroatoms. The van der Waals surface area contributed by atoms with Crippen molar-refractivity contribution < 1.29 is 23.8 Å². The summed E-state index contributed by atoms with van der Waals surface area (Å²) in [6.45, 7) is 4.29. The SMILES string of the molecule is CCOC(=O)CCc1cc(OC)cc(CCC(=O)OCC)c1-c1ccccn1. The van der Waals surface area contributed by atoms with Crippen LogP contribution in [0.1, 0.15) is 37.8 Å². The fourth-order valence-electron chi connectivity index (χ4n) is 3.03. The third-order valence-electron chi connectivity index (χ3n) is 4.24. The van der Waals surface area contributed by atoms with Crippen molar-refractivity contribution >= 4 is 11.9 Å². The summed E-state index contributed by atoms with van der Waals surface area (Å²) in [6, 6.07) is 9.51. The average molecular weight is 385 g/mol. The normalized spacial score (nSPS) is 10.4. The molecule has 0 atom stereocenters. The lowest BCUT2D eigenvalue weighted by atomic mass is 9.92. The van der Waals surface area contributed by atoms with Gasteiger partial charge in [-0.1, -0.05) is 6.07 Å². The molecule has 0 spiro atoms. The number of rotatable bonds is 10. The standard InChI is InChI=1S/C22H27NO5/c1-4-27-20(24)11-9-16-14-18(26-3)15-17(10-12-21(25)28-5-2)22(16)19-8-6-7-13-23-19/h6-8,13-15H,4-5,9-12H2,1-3H3. The van der Waals surface area contributed by atoms with E-state index >= 15 is 0 Å². The first-order valence-corrected chi connectivity index (χ1v) is 9.51. The van der Waals surface area contributed by atoms with Crippen LogP contribution in [0.4, 0.5) is 0 Å². The van der Waals surface area contributed by atoms with Crippen LogP contribution in [0.2, 0.25) is 0 Å². The predicted molar refractivity (Wildman–Crippen MR) is 106 cm³/mol. The molecule has 150 valence electrons. The number of aromatic nitrogens is 1. The number of benzene rings is 1. The lowest BCUT2D eigenvalue weighted by molar-refractivity contribution is -0.143. The molecule has 0 saturated heterocycles. The molecule has 1 heterocycles. The van der Waals surface area contributed by atoms with Gasteiger partial charge in [0.2, 0.25) is 0 Å². The van der Waals surface area contributed by atoms with Gasteiger partial charge in [-0.3, -0.25) is 14.6 Å². The molecule has 0 N–H and O–H groups in total. The summed E-state index contributed by atoms with van der Waals surface area (Å²) < 4.78 is 15.6. The highest BCUT2D eigenvalue weighted by Crippen LogP contribution is 2.32. The van der Waals surface area contributed by atoms with E-state index in [0.717, 1.165) is 22.4 Å². The van der Waals surface area contributed by atoms with Crippen molar-refractivity contribution in [1.82, 2.24) is 4.98 Å². The van der Waals surface area contributed by atoms with E-state index in [-0.39, 0.29) is 24.8 Å². The van der Waals surface area contributed by atoms with E-state index in [1.54, 1.807) is 27.2 Å². The monoisotopic (exact) mass is 385 g/mol. The fourth-order valence-corrected chi connectivity index (χ4v) is 3.03. The van der Waals surface area contributed by atoms with Gasteiger partial charge in [0, 0.05) is 24.6 Å². The molecule has 2 rings (SSSR count). The van der Waals surface area contributed by atoms with Crippen molar-refractivity contribution in [3.05, 3.63) is 47.7 Å². The Bertz CT molecular complexity index is 746. The topological polar surface area (TPSA) is 74.7 Å². The third-order valence-corrected chi connectivity index (χ3v) is 4.24.